The molecule has 2 N–H and O–H groups in total. The van der Waals surface area contributed by atoms with Gasteiger partial charge in [-0.3, -0.25) is 19.5 Å². The fourth-order valence-corrected chi connectivity index (χ4v) is 4.43. The van der Waals surface area contributed by atoms with Crippen molar-refractivity contribution in [3.8, 4) is 0 Å². The molecule has 0 spiro atoms. The van der Waals surface area contributed by atoms with Gasteiger partial charge >= 0.3 is 0 Å². The normalized spacial score (nSPS) is 14.2. The van der Waals surface area contributed by atoms with Crippen LogP contribution in [0, 0.1) is 18.6 Å². The highest BCUT2D eigenvalue weighted by atomic mass is 32.1. The van der Waals surface area contributed by atoms with Crippen LogP contribution in [0.2, 0.25) is 0 Å². The van der Waals surface area contributed by atoms with Gasteiger partial charge < -0.3 is 15.5 Å². The molecule has 1 saturated heterocycles. The van der Waals surface area contributed by atoms with Crippen LogP contribution in [0.4, 0.5) is 34.1 Å². The van der Waals surface area contributed by atoms with Gasteiger partial charge in [-0.15, -0.1) is 0 Å². The van der Waals surface area contributed by atoms with E-state index in [2.05, 4.69) is 25.0 Å². The molecule has 0 saturated carbocycles. The first kappa shape index (κ1) is 25.4. The van der Waals surface area contributed by atoms with Crippen LogP contribution in [0.15, 0.2) is 30.6 Å². The van der Waals surface area contributed by atoms with Crippen LogP contribution >= 0.6 is 11.5 Å². The van der Waals surface area contributed by atoms with Crippen molar-refractivity contribution < 1.29 is 27.2 Å². The second-order valence-electron chi connectivity index (χ2n) is 7.95. The van der Waals surface area contributed by atoms with Crippen molar-refractivity contribution in [3.05, 3.63) is 59.2 Å². The summed E-state index contributed by atoms with van der Waals surface area (Å²) in [6, 6.07) is 3.00. The van der Waals surface area contributed by atoms with Crippen molar-refractivity contribution in [3.63, 3.8) is 0 Å². The summed E-state index contributed by atoms with van der Waals surface area (Å²) in [5.74, 6) is -2.94. The number of aromatic nitrogens is 3. The number of nitrogens with one attached hydrogen (secondary N) is 2. The smallest absolute Gasteiger partial charge is 0.274 e. The summed E-state index contributed by atoms with van der Waals surface area (Å²) in [6.45, 7) is 2.51. The third-order valence-electron chi connectivity index (χ3n) is 5.42. The van der Waals surface area contributed by atoms with Gasteiger partial charge in [0.15, 0.2) is 11.6 Å². The minimum absolute atomic E-state index is 0.0522. The summed E-state index contributed by atoms with van der Waals surface area (Å²) in [5.41, 5.74) is 0.677. The number of nitrogens with zero attached hydrogens (tertiary/aromatic N) is 5. The first-order valence-electron chi connectivity index (χ1n) is 10.8. The van der Waals surface area contributed by atoms with E-state index in [0.29, 0.717) is 23.8 Å². The van der Waals surface area contributed by atoms with E-state index in [4.69, 9.17) is 0 Å². The van der Waals surface area contributed by atoms with Crippen LogP contribution in [-0.2, 0) is 0 Å². The quantitative estimate of drug-likeness (QED) is 0.457. The van der Waals surface area contributed by atoms with E-state index in [-0.39, 0.29) is 48.3 Å². The van der Waals surface area contributed by atoms with Gasteiger partial charge in [-0.25, -0.2) is 22.5 Å². The molecular weight excluding hydrogens is 502 g/mol. The van der Waals surface area contributed by atoms with E-state index < -0.39 is 24.0 Å². The Morgan fingerprint density at radius 1 is 1.11 bits per heavy atom. The second kappa shape index (κ2) is 11.0. The molecule has 3 heterocycles. The first-order chi connectivity index (χ1) is 17.2. The summed E-state index contributed by atoms with van der Waals surface area (Å²) in [7, 11) is 0. The molecule has 1 aliphatic heterocycles. The number of piperazine rings is 1. The number of aryl methyl sites for hydroxylation is 1. The molecule has 1 aliphatic rings. The summed E-state index contributed by atoms with van der Waals surface area (Å²) >= 11 is 0.977. The number of amides is 2. The summed E-state index contributed by atoms with van der Waals surface area (Å²) in [5, 5.41) is 5.75. The average Bonchev–Trinajstić information content (AvgIpc) is 3.21. The number of carbonyl (C=O) groups excluding carboxylic acids is 2. The minimum atomic E-state index is -2.43. The Morgan fingerprint density at radius 3 is 2.56 bits per heavy atom. The molecule has 9 nitrogen and oxygen atoms in total. The number of benzene rings is 1. The number of anilines is 3. The van der Waals surface area contributed by atoms with E-state index in [1.54, 1.807) is 11.8 Å². The fraction of sp³-hybridized carbons (Fsp3) is 0.318. The SMILES string of the molecule is Cc1nsc(Nc2cncc(C(=O)N3CCN(CC(F)F)CC3)n2)c1C(=O)Nc1ccc(F)c(F)c1. The fourth-order valence-electron chi connectivity index (χ4n) is 3.63. The molecule has 14 heteroatoms. The third kappa shape index (κ3) is 5.94. The predicted octanol–water partition coefficient (Wildman–Crippen LogP) is 3.54. The van der Waals surface area contributed by atoms with Crippen molar-refractivity contribution in [2.24, 2.45) is 0 Å². The molecule has 0 bridgehead atoms. The summed E-state index contributed by atoms with van der Waals surface area (Å²) < 4.78 is 56.0. The Bertz CT molecular complexity index is 1260. The number of carbonyl (C=O) groups is 2. The summed E-state index contributed by atoms with van der Waals surface area (Å²) in [6.07, 6.45) is 0.233. The molecule has 36 heavy (non-hydrogen) atoms. The van der Waals surface area contributed by atoms with Crippen molar-refractivity contribution in [2.75, 3.05) is 43.4 Å². The largest absolute Gasteiger partial charge is 0.335 e. The average molecular weight is 524 g/mol. The lowest BCUT2D eigenvalue weighted by Crippen LogP contribution is -2.49. The lowest BCUT2D eigenvalue weighted by Gasteiger charge is -2.34. The maximum absolute atomic E-state index is 13.5. The zero-order valence-corrected chi connectivity index (χ0v) is 19.8. The molecule has 2 amide bonds. The van der Waals surface area contributed by atoms with E-state index in [1.807, 2.05) is 0 Å². The highest BCUT2D eigenvalue weighted by molar-refractivity contribution is 7.10. The van der Waals surface area contributed by atoms with Gasteiger partial charge in [-0.05, 0) is 30.6 Å². The van der Waals surface area contributed by atoms with E-state index in [9.17, 15) is 27.2 Å². The lowest BCUT2D eigenvalue weighted by atomic mass is 10.2. The Kier molecular flexibility index (Phi) is 7.74. The molecule has 3 aromatic rings. The molecule has 0 aliphatic carbocycles. The highest BCUT2D eigenvalue weighted by Crippen LogP contribution is 2.28. The Morgan fingerprint density at radius 2 is 1.86 bits per heavy atom. The van der Waals surface area contributed by atoms with Crippen LogP contribution in [0.1, 0.15) is 26.5 Å². The highest BCUT2D eigenvalue weighted by Gasteiger charge is 2.25. The molecule has 1 aromatic carbocycles. The second-order valence-corrected chi connectivity index (χ2v) is 8.73. The van der Waals surface area contributed by atoms with Crippen LogP contribution in [0.25, 0.3) is 0 Å². The molecule has 4 rings (SSSR count). The molecule has 0 unspecified atom stereocenters. The number of rotatable bonds is 7. The molecule has 2 aromatic heterocycles. The Balaban J connectivity index is 1.45. The maximum atomic E-state index is 13.5. The number of halogens is 4. The van der Waals surface area contributed by atoms with Gasteiger partial charge in [0.25, 0.3) is 18.2 Å². The van der Waals surface area contributed by atoms with Gasteiger partial charge in [0.2, 0.25) is 0 Å². The van der Waals surface area contributed by atoms with Crippen molar-refractivity contribution >= 4 is 39.9 Å². The van der Waals surface area contributed by atoms with Crippen LogP contribution < -0.4 is 10.6 Å². The first-order valence-corrected chi connectivity index (χ1v) is 11.6. The van der Waals surface area contributed by atoms with Crippen molar-refractivity contribution in [1.29, 1.82) is 0 Å². The van der Waals surface area contributed by atoms with Crippen LogP contribution in [-0.4, -0.2) is 75.1 Å². The van der Waals surface area contributed by atoms with Crippen LogP contribution in [0.5, 0.6) is 0 Å². The maximum Gasteiger partial charge on any atom is 0.274 e. The monoisotopic (exact) mass is 523 g/mol. The Hall–Kier alpha value is -3.65. The van der Waals surface area contributed by atoms with E-state index in [1.165, 1.54) is 23.4 Å². The Labute approximate surface area is 207 Å². The molecule has 1 fully saturated rings. The van der Waals surface area contributed by atoms with E-state index >= 15 is 0 Å². The topological polar surface area (TPSA) is 103 Å². The molecule has 190 valence electrons. The number of hydrogen-bond acceptors (Lipinski definition) is 8. The molecular formula is C22H21F4N7O2S. The van der Waals surface area contributed by atoms with Gasteiger partial charge in [0.1, 0.15) is 16.5 Å². The van der Waals surface area contributed by atoms with Crippen LogP contribution in [0.3, 0.4) is 0 Å². The summed E-state index contributed by atoms with van der Waals surface area (Å²) in [4.78, 5) is 37.1. The standard InChI is InChI=1S/C22H21F4N7O2S/c1-12-19(20(34)28-13-2-3-14(23)15(24)8-13)21(36-31-12)30-18-10-27-9-16(29-18)22(35)33-6-4-32(5-7-33)11-17(25)26/h2-3,8-10,17H,4-7,11H2,1H3,(H,28,34)(H,29,30). The number of hydrogen-bond donors (Lipinski definition) is 2. The lowest BCUT2D eigenvalue weighted by molar-refractivity contribution is 0.0455. The zero-order valence-electron chi connectivity index (χ0n) is 19.0. The molecule has 0 radical (unpaired) electrons. The van der Waals surface area contributed by atoms with Gasteiger partial charge in [0.05, 0.1) is 30.2 Å². The van der Waals surface area contributed by atoms with Crippen molar-refractivity contribution in [2.45, 2.75) is 13.3 Å². The van der Waals surface area contributed by atoms with Gasteiger partial charge in [0, 0.05) is 37.9 Å². The molecule has 0 atom stereocenters. The predicted molar refractivity (Wildman–Crippen MR) is 125 cm³/mol. The van der Waals surface area contributed by atoms with Crippen molar-refractivity contribution in [1.82, 2.24) is 24.1 Å². The third-order valence-corrected chi connectivity index (χ3v) is 6.27. The zero-order chi connectivity index (χ0) is 25.8. The van der Waals surface area contributed by atoms with Gasteiger partial charge in [-0.1, -0.05) is 0 Å². The number of alkyl halides is 2. The van der Waals surface area contributed by atoms with E-state index in [0.717, 1.165) is 23.7 Å². The minimum Gasteiger partial charge on any atom is -0.335 e. The van der Waals surface area contributed by atoms with Gasteiger partial charge in [-0.2, -0.15) is 4.37 Å².